The first-order valence-corrected chi connectivity index (χ1v) is 18.4. The molecule has 0 aromatic carbocycles. The summed E-state index contributed by atoms with van der Waals surface area (Å²) < 4.78 is 31.9. The van der Waals surface area contributed by atoms with Gasteiger partial charge in [-0.1, -0.05) is 34.6 Å². The number of carbonyl (C=O) groups is 1. The highest BCUT2D eigenvalue weighted by Crippen LogP contribution is 2.90. The average molecular weight is 663 g/mol. The minimum Gasteiger partial charge on any atom is -0.457 e. The Labute approximate surface area is 279 Å². The van der Waals surface area contributed by atoms with Crippen molar-refractivity contribution in [3.05, 3.63) is 0 Å². The first-order valence-electron chi connectivity index (χ1n) is 18.4. The molecule has 10 heteroatoms. The van der Waals surface area contributed by atoms with Crippen LogP contribution in [0.15, 0.2) is 0 Å². The molecule has 2 bridgehead atoms. The minimum atomic E-state index is -1.29. The number of aliphatic hydroxyl groups excluding tert-OH is 4. The topological polar surface area (TPSA) is 144 Å². The van der Waals surface area contributed by atoms with E-state index in [0.29, 0.717) is 11.8 Å². The van der Waals surface area contributed by atoms with E-state index in [1.807, 2.05) is 13.8 Å². The van der Waals surface area contributed by atoms with E-state index in [2.05, 4.69) is 34.6 Å². The van der Waals surface area contributed by atoms with Crippen LogP contribution in [0, 0.1) is 50.7 Å². The fourth-order valence-corrected chi connectivity index (χ4v) is 14.4. The SMILES string of the molecule is CC(=O)OC(C)(C)[C@H]1O[C@@]23O[C@H]1C[C@@H](C)[C@@H]2[C@@]1(C)CC[C@@]24C[C@@]25CC[C@H](O[C@@H]2OC[C@@H](O)[C@H](O)[C@H]2O)C(C)(C)[C@@H]5CC[C@H]4[C@]1(C)[C@@H]3O. The van der Waals surface area contributed by atoms with Gasteiger partial charge in [0.2, 0.25) is 0 Å². The molecule has 8 aliphatic rings. The highest BCUT2D eigenvalue weighted by molar-refractivity contribution is 5.66. The highest BCUT2D eigenvalue weighted by Gasteiger charge is 2.88. The summed E-state index contributed by atoms with van der Waals surface area (Å²) >= 11 is 0. The second-order valence-corrected chi connectivity index (χ2v) is 18.8. The van der Waals surface area contributed by atoms with E-state index in [4.69, 9.17) is 23.7 Å². The van der Waals surface area contributed by atoms with Crippen molar-refractivity contribution in [2.75, 3.05) is 6.61 Å². The predicted octanol–water partition coefficient (Wildman–Crippen LogP) is 3.69. The van der Waals surface area contributed by atoms with E-state index in [-0.39, 0.29) is 58.3 Å². The molecule has 8 rings (SSSR count). The molecule has 3 spiro atoms. The number of esters is 1. The molecule has 10 nitrogen and oxygen atoms in total. The molecule has 4 N–H and O–H groups in total. The Hall–Kier alpha value is -0.850. The lowest BCUT2D eigenvalue weighted by Crippen LogP contribution is -2.61. The fourth-order valence-electron chi connectivity index (χ4n) is 14.4. The summed E-state index contributed by atoms with van der Waals surface area (Å²) in [4.78, 5) is 12.1. The van der Waals surface area contributed by atoms with Crippen molar-refractivity contribution in [1.29, 1.82) is 0 Å². The Balaban J connectivity index is 1.09. The summed E-state index contributed by atoms with van der Waals surface area (Å²) in [5, 5.41) is 43.7. The Morgan fingerprint density at radius 2 is 1.57 bits per heavy atom. The molecule has 0 aromatic heterocycles. The Morgan fingerprint density at radius 1 is 0.894 bits per heavy atom. The van der Waals surface area contributed by atoms with E-state index in [0.717, 1.165) is 51.4 Å². The van der Waals surface area contributed by atoms with Gasteiger partial charge >= 0.3 is 5.97 Å². The molecule has 3 aliphatic heterocycles. The average Bonchev–Trinajstić information content (AvgIpc) is 3.49. The molecule has 5 aliphatic carbocycles. The largest absolute Gasteiger partial charge is 0.457 e. The van der Waals surface area contributed by atoms with Crippen LogP contribution in [-0.2, 0) is 28.5 Å². The van der Waals surface area contributed by atoms with Crippen LogP contribution in [0.2, 0.25) is 0 Å². The van der Waals surface area contributed by atoms with Crippen LogP contribution in [0.3, 0.4) is 0 Å². The van der Waals surface area contributed by atoms with E-state index in [1.165, 1.54) is 6.92 Å². The van der Waals surface area contributed by atoms with Crippen LogP contribution in [-0.4, -0.2) is 93.4 Å². The third-order valence-corrected chi connectivity index (χ3v) is 16.3. The summed E-state index contributed by atoms with van der Waals surface area (Å²) in [6.07, 6.45) is 1.72. The number of fused-ring (bicyclic) bond motifs is 4. The van der Waals surface area contributed by atoms with Crippen LogP contribution in [0.25, 0.3) is 0 Å². The van der Waals surface area contributed by atoms with Crippen LogP contribution < -0.4 is 0 Å². The zero-order chi connectivity index (χ0) is 33.9. The number of carbonyl (C=O) groups excluding carboxylic acids is 1. The highest BCUT2D eigenvalue weighted by atomic mass is 16.8. The van der Waals surface area contributed by atoms with Gasteiger partial charge in [-0.3, -0.25) is 4.79 Å². The van der Waals surface area contributed by atoms with Gasteiger partial charge in [-0.2, -0.15) is 0 Å². The third kappa shape index (κ3) is 3.88. The van der Waals surface area contributed by atoms with Crippen molar-refractivity contribution in [2.24, 2.45) is 50.7 Å². The predicted molar refractivity (Wildman–Crippen MR) is 168 cm³/mol. The van der Waals surface area contributed by atoms with E-state index in [9.17, 15) is 25.2 Å². The van der Waals surface area contributed by atoms with E-state index < -0.39 is 53.6 Å². The third-order valence-electron chi connectivity index (χ3n) is 16.3. The summed E-state index contributed by atoms with van der Waals surface area (Å²) in [6, 6.07) is 0. The summed E-state index contributed by atoms with van der Waals surface area (Å²) in [5.74, 6) is -0.402. The van der Waals surface area contributed by atoms with Crippen LogP contribution in [0.5, 0.6) is 0 Å². The molecule has 8 fully saturated rings. The summed E-state index contributed by atoms with van der Waals surface area (Å²) in [6.45, 7) is 16.8. The van der Waals surface area contributed by atoms with Gasteiger partial charge < -0.3 is 44.1 Å². The monoisotopic (exact) mass is 662 g/mol. The van der Waals surface area contributed by atoms with Crippen LogP contribution >= 0.6 is 0 Å². The van der Waals surface area contributed by atoms with Crippen molar-refractivity contribution in [1.82, 2.24) is 0 Å². The summed E-state index contributed by atoms with van der Waals surface area (Å²) in [7, 11) is 0. The minimum absolute atomic E-state index is 0.0329. The Kier molecular flexibility index (Phi) is 7.03. The molecule has 3 heterocycles. The molecule has 0 unspecified atom stereocenters. The first kappa shape index (κ1) is 33.3. The molecule has 0 amide bonds. The lowest BCUT2D eigenvalue weighted by atomic mass is 9.41. The normalized spacial score (nSPS) is 58.8. The molecular formula is C37H58O10. The second kappa shape index (κ2) is 9.93. The fraction of sp³-hybridized carbons (Fsp3) is 0.973. The molecule has 266 valence electrons. The number of aliphatic hydroxyl groups is 4. The maximum Gasteiger partial charge on any atom is 0.303 e. The molecule has 47 heavy (non-hydrogen) atoms. The zero-order valence-electron chi connectivity index (χ0n) is 29.5. The maximum atomic E-state index is 12.8. The Morgan fingerprint density at radius 3 is 2.28 bits per heavy atom. The molecular weight excluding hydrogens is 604 g/mol. The quantitative estimate of drug-likeness (QED) is 0.260. The van der Waals surface area contributed by atoms with Crippen molar-refractivity contribution in [3.63, 3.8) is 0 Å². The first-order chi connectivity index (χ1) is 21.8. The van der Waals surface area contributed by atoms with Gasteiger partial charge in [-0.15, -0.1) is 0 Å². The second-order valence-electron chi connectivity index (χ2n) is 18.8. The smallest absolute Gasteiger partial charge is 0.303 e. The van der Waals surface area contributed by atoms with Gasteiger partial charge in [0.1, 0.15) is 36.1 Å². The van der Waals surface area contributed by atoms with Crippen molar-refractivity contribution >= 4 is 5.97 Å². The van der Waals surface area contributed by atoms with Crippen LogP contribution in [0.1, 0.15) is 107 Å². The molecule has 0 aromatic rings. The van der Waals surface area contributed by atoms with Crippen molar-refractivity contribution in [2.45, 2.75) is 167 Å². The number of ether oxygens (including phenoxy) is 5. The molecule has 0 radical (unpaired) electrons. The lowest BCUT2D eigenvalue weighted by molar-refractivity contribution is -0.303. The van der Waals surface area contributed by atoms with E-state index in [1.54, 1.807) is 0 Å². The van der Waals surface area contributed by atoms with E-state index >= 15 is 0 Å². The van der Waals surface area contributed by atoms with Crippen molar-refractivity contribution < 1.29 is 48.9 Å². The molecule has 3 saturated heterocycles. The van der Waals surface area contributed by atoms with Gasteiger partial charge in [0.15, 0.2) is 12.1 Å². The molecule has 17 atom stereocenters. The number of hydrogen-bond acceptors (Lipinski definition) is 10. The van der Waals surface area contributed by atoms with Gasteiger partial charge in [0.25, 0.3) is 0 Å². The lowest BCUT2D eigenvalue weighted by Gasteiger charge is -2.63. The van der Waals surface area contributed by atoms with Gasteiger partial charge in [0.05, 0.1) is 18.8 Å². The van der Waals surface area contributed by atoms with Gasteiger partial charge in [-0.25, -0.2) is 0 Å². The standard InChI is InChI=1S/C37H58O10/c1-18-15-21-28(32(5,6)45-19(2)38)47-37(46-21)27(18)33(7)13-14-36-17-35(36)12-11-24(44-29-26(41)25(40)20(39)16-43-29)31(3,4)22(35)9-10-23(36)34(33,8)30(37)42/h18,20-30,39-42H,9-17H2,1-8H3/t18-,20-,21+,22+,23+,24+,25+,26-,27-,28+,29+,30+,33-,34-,35-,36+,37+/m1/s1. The molecule has 5 saturated carbocycles. The van der Waals surface area contributed by atoms with Crippen molar-refractivity contribution in [3.8, 4) is 0 Å². The zero-order valence-corrected chi connectivity index (χ0v) is 29.5. The van der Waals surface area contributed by atoms with Gasteiger partial charge in [-0.05, 0) is 105 Å². The Bertz CT molecular complexity index is 1320. The number of hydrogen-bond donors (Lipinski definition) is 4. The van der Waals surface area contributed by atoms with Gasteiger partial charge in [0, 0.05) is 18.3 Å². The van der Waals surface area contributed by atoms with Crippen LogP contribution in [0.4, 0.5) is 0 Å². The maximum absolute atomic E-state index is 12.8. The number of rotatable bonds is 4. The summed E-state index contributed by atoms with van der Waals surface area (Å²) in [5.41, 5.74) is -1.36.